The van der Waals surface area contributed by atoms with Gasteiger partial charge in [0.25, 0.3) is 0 Å². The van der Waals surface area contributed by atoms with Crippen LogP contribution in [0, 0.1) is 0 Å². The van der Waals surface area contributed by atoms with E-state index in [0.29, 0.717) is 0 Å². The fourth-order valence-corrected chi connectivity index (χ4v) is 3.11. The number of nitrogens with one attached hydrogen (secondary N) is 2. The second-order valence-corrected chi connectivity index (χ2v) is 8.47. The van der Waals surface area contributed by atoms with E-state index in [4.69, 9.17) is 0 Å². The average Bonchev–Trinajstić information content (AvgIpc) is 2.78. The van der Waals surface area contributed by atoms with Crippen molar-refractivity contribution in [3.05, 3.63) is 42.7 Å². The largest absolute Gasteiger partial charge is 0.310 e. The first-order valence-corrected chi connectivity index (χ1v) is 8.54. The lowest BCUT2D eigenvalue weighted by atomic mass is 10.1. The average molecular weight is 324 g/mol. The molecule has 2 aromatic heterocycles. The second-order valence-electron chi connectivity index (χ2n) is 8.47. The van der Waals surface area contributed by atoms with Gasteiger partial charge in [-0.2, -0.15) is 0 Å². The second kappa shape index (κ2) is 5.87. The Morgan fingerprint density at radius 3 is 2.04 bits per heavy atom. The minimum Gasteiger partial charge on any atom is -0.310 e. The summed E-state index contributed by atoms with van der Waals surface area (Å²) in [6.07, 6.45) is 3.79. The Morgan fingerprint density at radius 1 is 0.833 bits per heavy atom. The summed E-state index contributed by atoms with van der Waals surface area (Å²) in [4.78, 5) is 4.37. The lowest BCUT2D eigenvalue weighted by Crippen LogP contribution is -2.53. The number of fused-ring (bicyclic) bond motifs is 3. The molecule has 0 saturated heterocycles. The molecule has 0 aliphatic heterocycles. The van der Waals surface area contributed by atoms with Crippen LogP contribution in [0.5, 0.6) is 0 Å². The lowest BCUT2D eigenvalue weighted by molar-refractivity contribution is 0.213. The molecule has 2 heterocycles. The SMILES string of the molecule is CC(C)(C)NC(NC(C)(C)C)n1c2ccccc2c2ccncc21. The van der Waals surface area contributed by atoms with Crippen molar-refractivity contribution in [1.82, 2.24) is 20.2 Å². The Hall–Kier alpha value is -1.91. The van der Waals surface area contributed by atoms with Crippen molar-refractivity contribution in [3.63, 3.8) is 0 Å². The van der Waals surface area contributed by atoms with Gasteiger partial charge >= 0.3 is 0 Å². The molecule has 0 fully saturated rings. The number of rotatable bonds is 3. The smallest absolute Gasteiger partial charge is 0.140 e. The Morgan fingerprint density at radius 2 is 1.42 bits per heavy atom. The maximum atomic E-state index is 4.37. The third-order valence-electron chi connectivity index (χ3n) is 3.91. The summed E-state index contributed by atoms with van der Waals surface area (Å²) in [6, 6.07) is 10.6. The van der Waals surface area contributed by atoms with Crippen LogP contribution in [0.2, 0.25) is 0 Å². The van der Waals surface area contributed by atoms with Gasteiger partial charge in [0.15, 0.2) is 0 Å². The fraction of sp³-hybridized carbons (Fsp3) is 0.450. The number of nitrogens with zero attached hydrogens (tertiary/aromatic N) is 2. The zero-order valence-corrected chi connectivity index (χ0v) is 15.5. The van der Waals surface area contributed by atoms with Gasteiger partial charge in [-0.1, -0.05) is 18.2 Å². The zero-order chi connectivity index (χ0) is 17.5. The number of aromatic nitrogens is 2. The molecule has 0 amide bonds. The van der Waals surface area contributed by atoms with Gasteiger partial charge < -0.3 is 4.57 Å². The first-order chi connectivity index (χ1) is 11.2. The predicted octanol–water partition coefficient (Wildman–Crippen LogP) is 4.42. The number of para-hydroxylation sites is 1. The van der Waals surface area contributed by atoms with Crippen molar-refractivity contribution in [2.45, 2.75) is 58.9 Å². The van der Waals surface area contributed by atoms with E-state index in [1.165, 1.54) is 16.3 Å². The summed E-state index contributed by atoms with van der Waals surface area (Å²) in [5, 5.41) is 9.94. The minimum absolute atomic E-state index is 0.0250. The number of hydrogen-bond acceptors (Lipinski definition) is 3. The summed E-state index contributed by atoms with van der Waals surface area (Å²) in [5.74, 6) is 0. The third-order valence-corrected chi connectivity index (χ3v) is 3.91. The Balaban J connectivity index is 2.25. The monoisotopic (exact) mass is 324 g/mol. The number of pyridine rings is 1. The lowest BCUT2D eigenvalue weighted by Gasteiger charge is -2.36. The van der Waals surface area contributed by atoms with E-state index in [-0.39, 0.29) is 17.4 Å². The molecule has 4 heteroatoms. The first kappa shape index (κ1) is 16.9. The van der Waals surface area contributed by atoms with Gasteiger partial charge in [-0.05, 0) is 53.7 Å². The van der Waals surface area contributed by atoms with Gasteiger partial charge in [-0.15, -0.1) is 0 Å². The highest BCUT2D eigenvalue weighted by atomic mass is 15.3. The maximum Gasteiger partial charge on any atom is 0.140 e. The fourth-order valence-electron chi connectivity index (χ4n) is 3.11. The Bertz CT molecular complexity index is 780. The van der Waals surface area contributed by atoms with E-state index < -0.39 is 0 Å². The maximum absolute atomic E-state index is 4.37. The van der Waals surface area contributed by atoms with Gasteiger partial charge in [0, 0.05) is 28.0 Å². The normalized spacial score (nSPS) is 13.3. The molecule has 0 aliphatic rings. The zero-order valence-electron chi connectivity index (χ0n) is 15.5. The standard InChI is InChI=1S/C20H28N4/c1-19(2,3)22-18(23-20(4,5)6)24-16-10-8-7-9-14(16)15-11-12-21-13-17(15)24/h7-13,18,22-23H,1-6H3. The van der Waals surface area contributed by atoms with Crippen LogP contribution in [0.3, 0.4) is 0 Å². The molecule has 2 N–H and O–H groups in total. The number of benzene rings is 1. The summed E-state index contributed by atoms with van der Waals surface area (Å²) < 4.78 is 2.33. The molecule has 3 rings (SSSR count). The van der Waals surface area contributed by atoms with Gasteiger partial charge in [0.2, 0.25) is 0 Å². The quantitative estimate of drug-likeness (QED) is 0.701. The predicted molar refractivity (Wildman–Crippen MR) is 102 cm³/mol. The van der Waals surface area contributed by atoms with E-state index in [1.807, 2.05) is 12.4 Å². The molecule has 3 aromatic rings. The summed E-state index contributed by atoms with van der Waals surface area (Å²) in [5.41, 5.74) is 2.29. The molecule has 4 nitrogen and oxygen atoms in total. The van der Waals surface area contributed by atoms with Crippen LogP contribution in [-0.2, 0) is 0 Å². The highest BCUT2D eigenvalue weighted by molar-refractivity contribution is 6.07. The molecular weight excluding hydrogens is 296 g/mol. The molecule has 24 heavy (non-hydrogen) atoms. The summed E-state index contributed by atoms with van der Waals surface area (Å²) in [7, 11) is 0. The molecule has 0 atom stereocenters. The van der Waals surface area contributed by atoms with Crippen LogP contribution in [0.25, 0.3) is 21.8 Å². The summed E-state index contributed by atoms with van der Waals surface area (Å²) >= 11 is 0. The van der Waals surface area contributed by atoms with Gasteiger partial charge in [-0.3, -0.25) is 15.6 Å². The molecular formula is C20H28N4. The summed E-state index contributed by atoms with van der Waals surface area (Å²) in [6.45, 7) is 13.1. The Kier molecular flexibility index (Phi) is 4.14. The van der Waals surface area contributed by atoms with Crippen molar-refractivity contribution >= 4 is 21.8 Å². The van der Waals surface area contributed by atoms with E-state index in [9.17, 15) is 0 Å². The van der Waals surface area contributed by atoms with Crippen molar-refractivity contribution in [2.75, 3.05) is 0 Å². The molecule has 128 valence electrons. The third kappa shape index (κ3) is 3.45. The van der Waals surface area contributed by atoms with Crippen LogP contribution in [0.15, 0.2) is 42.7 Å². The highest BCUT2D eigenvalue weighted by Gasteiger charge is 2.26. The number of hydrogen-bond donors (Lipinski definition) is 2. The molecule has 0 aliphatic carbocycles. The topological polar surface area (TPSA) is 41.9 Å². The van der Waals surface area contributed by atoms with Crippen molar-refractivity contribution in [3.8, 4) is 0 Å². The Labute approximate surface area is 144 Å². The van der Waals surface area contributed by atoms with E-state index in [1.54, 1.807) is 0 Å². The van der Waals surface area contributed by atoms with Crippen molar-refractivity contribution in [2.24, 2.45) is 0 Å². The van der Waals surface area contributed by atoms with Crippen LogP contribution < -0.4 is 10.6 Å². The first-order valence-electron chi connectivity index (χ1n) is 8.54. The van der Waals surface area contributed by atoms with E-state index in [0.717, 1.165) is 5.52 Å². The molecule has 0 spiro atoms. The van der Waals surface area contributed by atoms with E-state index in [2.05, 4.69) is 92.1 Å². The van der Waals surface area contributed by atoms with E-state index >= 15 is 0 Å². The van der Waals surface area contributed by atoms with Gasteiger partial charge in [0.05, 0.1) is 17.2 Å². The molecule has 0 unspecified atom stereocenters. The highest BCUT2D eigenvalue weighted by Crippen LogP contribution is 2.31. The molecule has 0 saturated carbocycles. The van der Waals surface area contributed by atoms with Gasteiger partial charge in [0.1, 0.15) is 6.29 Å². The van der Waals surface area contributed by atoms with Crippen molar-refractivity contribution in [1.29, 1.82) is 0 Å². The molecule has 0 bridgehead atoms. The molecule has 0 radical (unpaired) electrons. The van der Waals surface area contributed by atoms with Crippen molar-refractivity contribution < 1.29 is 0 Å². The van der Waals surface area contributed by atoms with Crippen LogP contribution in [0.1, 0.15) is 47.8 Å². The molecule has 1 aromatic carbocycles. The van der Waals surface area contributed by atoms with Crippen LogP contribution >= 0.6 is 0 Å². The van der Waals surface area contributed by atoms with Gasteiger partial charge in [-0.25, -0.2) is 0 Å². The minimum atomic E-state index is -0.0309. The van der Waals surface area contributed by atoms with Crippen LogP contribution in [0.4, 0.5) is 0 Å². The van der Waals surface area contributed by atoms with Crippen LogP contribution in [-0.4, -0.2) is 20.6 Å².